The Morgan fingerprint density at radius 3 is 2.39 bits per heavy atom. The van der Waals surface area contributed by atoms with Gasteiger partial charge in [0.15, 0.2) is 0 Å². The van der Waals surface area contributed by atoms with Crippen molar-refractivity contribution in [3.8, 4) is 0 Å². The first kappa shape index (κ1) is 25.4. The second-order valence-electron chi connectivity index (χ2n) is 8.03. The number of aromatic nitrogens is 2. The molecule has 8 nitrogen and oxygen atoms in total. The highest BCUT2D eigenvalue weighted by atomic mass is 19.4. The van der Waals surface area contributed by atoms with Crippen molar-refractivity contribution < 1.29 is 49.8 Å². The Morgan fingerprint density at radius 1 is 1.06 bits per heavy atom. The van der Waals surface area contributed by atoms with Gasteiger partial charge in [-0.2, -0.15) is 0 Å². The van der Waals surface area contributed by atoms with Gasteiger partial charge in [0.05, 0.1) is 18.8 Å². The zero-order valence-corrected chi connectivity index (χ0v) is 17.4. The lowest BCUT2D eigenvalue weighted by Gasteiger charge is -2.34. The Kier molecular flexibility index (Phi) is 8.00. The maximum atomic E-state index is 12.2. The number of amides is 1. The fourth-order valence-electron chi connectivity index (χ4n) is 3.46. The highest BCUT2D eigenvalue weighted by Gasteiger charge is 2.42. The highest BCUT2D eigenvalue weighted by Crippen LogP contribution is 2.41. The van der Waals surface area contributed by atoms with E-state index in [1.165, 1.54) is 0 Å². The van der Waals surface area contributed by atoms with Crippen LogP contribution in [0.1, 0.15) is 49.8 Å². The molecule has 2 saturated carbocycles. The summed E-state index contributed by atoms with van der Waals surface area (Å²) in [5.41, 5.74) is 0.448. The topological polar surface area (TPSA) is 95.7 Å². The van der Waals surface area contributed by atoms with Crippen LogP contribution in [0.25, 0.3) is 5.57 Å². The standard InChI is InChI=1S/C19H23F6N3O5/c1-10(16-27-28-17(32-16)12-6-14(7-12)33-19(23,24)25)2-3-26-15(29)9-30-13-4-11(5-13)8-31-18(20,21)22/h11-14H,1-9H2,(H,26,29)/t11-,12-,13+,14+. The average molecular weight is 487 g/mol. The number of nitrogens with one attached hydrogen (secondary N) is 1. The molecule has 1 aromatic rings. The van der Waals surface area contributed by atoms with Gasteiger partial charge in [0, 0.05) is 18.0 Å². The lowest BCUT2D eigenvalue weighted by molar-refractivity contribution is -0.352. The summed E-state index contributed by atoms with van der Waals surface area (Å²) < 4.78 is 90.9. The molecule has 1 N–H and O–H groups in total. The third kappa shape index (κ3) is 8.27. The van der Waals surface area contributed by atoms with Gasteiger partial charge in [0.2, 0.25) is 17.7 Å². The number of ether oxygens (including phenoxy) is 3. The molecule has 0 bridgehead atoms. The van der Waals surface area contributed by atoms with E-state index in [1.807, 2.05) is 0 Å². The molecule has 0 aliphatic heterocycles. The summed E-state index contributed by atoms with van der Waals surface area (Å²) in [5.74, 6) is -0.601. The van der Waals surface area contributed by atoms with Gasteiger partial charge in [-0.25, -0.2) is 0 Å². The molecule has 2 fully saturated rings. The maximum absolute atomic E-state index is 12.2. The van der Waals surface area contributed by atoms with E-state index >= 15 is 0 Å². The molecule has 33 heavy (non-hydrogen) atoms. The number of hydrogen-bond donors (Lipinski definition) is 1. The van der Waals surface area contributed by atoms with Crippen molar-refractivity contribution in [2.24, 2.45) is 5.92 Å². The van der Waals surface area contributed by atoms with Gasteiger partial charge in [-0.1, -0.05) is 6.58 Å². The van der Waals surface area contributed by atoms with Gasteiger partial charge < -0.3 is 14.5 Å². The van der Waals surface area contributed by atoms with E-state index < -0.39 is 31.3 Å². The Balaban J connectivity index is 1.26. The molecule has 1 aromatic heterocycles. The first-order valence-corrected chi connectivity index (χ1v) is 10.2. The van der Waals surface area contributed by atoms with Crippen LogP contribution in [0, 0.1) is 5.92 Å². The Bertz CT molecular complexity index is 816. The van der Waals surface area contributed by atoms with Gasteiger partial charge in [0.1, 0.15) is 6.61 Å². The number of carbonyl (C=O) groups excluding carboxylic acids is 1. The van der Waals surface area contributed by atoms with Crippen molar-refractivity contribution in [3.63, 3.8) is 0 Å². The summed E-state index contributed by atoms with van der Waals surface area (Å²) in [6.45, 7) is 3.36. The highest BCUT2D eigenvalue weighted by molar-refractivity contribution is 5.77. The van der Waals surface area contributed by atoms with Gasteiger partial charge >= 0.3 is 12.7 Å². The molecule has 2 aliphatic rings. The van der Waals surface area contributed by atoms with Crippen LogP contribution < -0.4 is 5.32 Å². The number of hydrogen-bond acceptors (Lipinski definition) is 7. The molecular formula is C19H23F6N3O5. The number of nitrogens with zero attached hydrogens (tertiary/aromatic N) is 2. The van der Waals surface area contributed by atoms with Crippen LogP contribution in [-0.2, 0) is 19.0 Å². The Hall–Kier alpha value is -2.19. The van der Waals surface area contributed by atoms with Crippen LogP contribution in [0.4, 0.5) is 26.3 Å². The first-order chi connectivity index (χ1) is 15.4. The monoisotopic (exact) mass is 487 g/mol. The molecule has 0 radical (unpaired) electrons. The third-order valence-corrected chi connectivity index (χ3v) is 5.36. The second-order valence-corrected chi connectivity index (χ2v) is 8.03. The van der Waals surface area contributed by atoms with E-state index in [0.717, 1.165) is 0 Å². The fourth-order valence-corrected chi connectivity index (χ4v) is 3.46. The molecule has 0 saturated heterocycles. The predicted octanol–water partition coefficient (Wildman–Crippen LogP) is 3.70. The average Bonchev–Trinajstić information content (AvgIpc) is 3.10. The molecule has 0 aromatic carbocycles. The van der Waals surface area contributed by atoms with E-state index in [-0.39, 0.29) is 62.1 Å². The molecule has 1 amide bonds. The van der Waals surface area contributed by atoms with E-state index in [0.29, 0.717) is 18.4 Å². The quantitative estimate of drug-likeness (QED) is 0.476. The smallest absolute Gasteiger partial charge is 0.421 e. The Morgan fingerprint density at radius 2 is 1.76 bits per heavy atom. The van der Waals surface area contributed by atoms with E-state index in [9.17, 15) is 31.1 Å². The van der Waals surface area contributed by atoms with Crippen molar-refractivity contribution in [2.75, 3.05) is 19.8 Å². The third-order valence-electron chi connectivity index (χ3n) is 5.36. The fraction of sp³-hybridized carbons (Fsp3) is 0.737. The molecule has 2 aliphatic carbocycles. The van der Waals surface area contributed by atoms with Gasteiger partial charge in [-0.05, 0) is 38.0 Å². The van der Waals surface area contributed by atoms with Crippen molar-refractivity contribution in [3.05, 3.63) is 18.4 Å². The number of alkyl halides is 6. The van der Waals surface area contributed by atoms with Crippen LogP contribution in [0.5, 0.6) is 0 Å². The largest absolute Gasteiger partial charge is 0.522 e. The second kappa shape index (κ2) is 10.4. The predicted molar refractivity (Wildman–Crippen MR) is 98.3 cm³/mol. The number of carbonyl (C=O) groups is 1. The zero-order chi connectivity index (χ0) is 24.2. The summed E-state index contributed by atoms with van der Waals surface area (Å²) in [6.07, 6.45) is -9.20. The molecular weight excluding hydrogens is 464 g/mol. The van der Waals surface area contributed by atoms with Gasteiger partial charge in [-0.3, -0.25) is 14.3 Å². The summed E-state index contributed by atoms with van der Waals surface area (Å²) in [4.78, 5) is 11.8. The van der Waals surface area contributed by atoms with Crippen LogP contribution in [0.15, 0.2) is 11.0 Å². The molecule has 1 heterocycles. The molecule has 0 atom stereocenters. The van der Waals surface area contributed by atoms with Crippen LogP contribution in [0.2, 0.25) is 0 Å². The van der Waals surface area contributed by atoms with Gasteiger partial charge in [-0.15, -0.1) is 36.5 Å². The molecule has 3 rings (SSSR count). The van der Waals surface area contributed by atoms with E-state index in [1.54, 1.807) is 0 Å². The maximum Gasteiger partial charge on any atom is 0.522 e. The minimum absolute atomic E-state index is 0.126. The van der Waals surface area contributed by atoms with Crippen molar-refractivity contribution in [2.45, 2.75) is 63.0 Å². The summed E-state index contributed by atoms with van der Waals surface area (Å²) in [6, 6.07) is 0. The first-order valence-electron chi connectivity index (χ1n) is 10.2. The lowest BCUT2D eigenvalue weighted by Crippen LogP contribution is -2.38. The Labute approximate surface area is 184 Å². The van der Waals surface area contributed by atoms with Crippen LogP contribution in [0.3, 0.4) is 0 Å². The minimum Gasteiger partial charge on any atom is -0.421 e. The van der Waals surface area contributed by atoms with Crippen LogP contribution in [-0.4, -0.2) is 60.8 Å². The zero-order valence-electron chi connectivity index (χ0n) is 17.4. The van der Waals surface area contributed by atoms with Crippen molar-refractivity contribution >= 4 is 11.5 Å². The summed E-state index contributed by atoms with van der Waals surface area (Å²) in [7, 11) is 0. The van der Waals surface area contributed by atoms with Crippen molar-refractivity contribution in [1.29, 1.82) is 0 Å². The molecule has 0 spiro atoms. The number of halogens is 6. The molecule has 14 heteroatoms. The minimum atomic E-state index is -4.68. The van der Waals surface area contributed by atoms with Gasteiger partial charge in [0.25, 0.3) is 0 Å². The SMILES string of the molecule is C=C(CCNC(=O)CO[C@H]1C[C@@H](COC(F)(F)F)C1)c1nnc([C@H]2C[C@@H](OC(F)(F)F)C2)o1. The summed E-state index contributed by atoms with van der Waals surface area (Å²) >= 11 is 0. The normalized spacial score (nSPS) is 25.3. The van der Waals surface area contributed by atoms with Crippen LogP contribution >= 0.6 is 0 Å². The number of rotatable bonds is 11. The van der Waals surface area contributed by atoms with E-state index in [4.69, 9.17) is 9.15 Å². The molecule has 0 unspecified atom stereocenters. The van der Waals surface area contributed by atoms with Crippen molar-refractivity contribution in [1.82, 2.24) is 15.5 Å². The van der Waals surface area contributed by atoms with E-state index in [2.05, 4.69) is 31.6 Å². The molecule has 186 valence electrons. The lowest BCUT2D eigenvalue weighted by atomic mass is 9.82. The summed E-state index contributed by atoms with van der Waals surface area (Å²) in [5, 5.41) is 10.3.